The molecule has 0 aliphatic rings. The lowest BCUT2D eigenvalue weighted by Gasteiger charge is -2.20. The maximum Gasteiger partial charge on any atom is 0.253 e. The van der Waals surface area contributed by atoms with Crippen molar-refractivity contribution >= 4 is 23.2 Å². The van der Waals surface area contributed by atoms with Crippen molar-refractivity contribution < 1.29 is 4.79 Å². The van der Waals surface area contributed by atoms with E-state index >= 15 is 0 Å². The quantitative estimate of drug-likeness (QED) is 0.793. The van der Waals surface area contributed by atoms with E-state index in [1.807, 2.05) is 7.05 Å². The third-order valence-corrected chi connectivity index (χ3v) is 2.98. The molecule has 0 radical (unpaired) electrons. The van der Waals surface area contributed by atoms with Crippen molar-refractivity contribution in [2.45, 2.75) is 19.9 Å². The Morgan fingerprint density at radius 3 is 2.89 bits per heavy atom. The average Bonchev–Trinajstić information content (AvgIpc) is 2.31. The van der Waals surface area contributed by atoms with Crippen molar-refractivity contribution in [3.63, 3.8) is 0 Å². The Bertz CT molecular complexity index is 423. The van der Waals surface area contributed by atoms with Crippen molar-refractivity contribution in [2.24, 2.45) is 0 Å². The van der Waals surface area contributed by atoms with E-state index in [-0.39, 0.29) is 11.1 Å². The molecular weight excluding hydrogens is 252 g/mol. The highest BCUT2D eigenvalue weighted by atomic mass is 35.5. The first kappa shape index (κ1) is 14.7. The summed E-state index contributed by atoms with van der Waals surface area (Å²) in [5, 5.41) is 3.06. The zero-order valence-corrected chi connectivity index (χ0v) is 11.7. The highest BCUT2D eigenvalue weighted by Gasteiger charge is 2.11. The van der Waals surface area contributed by atoms with Crippen molar-refractivity contribution in [3.05, 3.63) is 23.0 Å². The van der Waals surface area contributed by atoms with Crippen LogP contribution in [0.3, 0.4) is 0 Å². The van der Waals surface area contributed by atoms with Crippen molar-refractivity contribution in [2.75, 3.05) is 25.9 Å². The van der Waals surface area contributed by atoms with Gasteiger partial charge in [-0.25, -0.2) is 4.98 Å². The maximum absolute atomic E-state index is 11.9. The summed E-state index contributed by atoms with van der Waals surface area (Å²) in [6.07, 6.45) is 1.39. The second-order valence-electron chi connectivity index (χ2n) is 4.42. The van der Waals surface area contributed by atoms with Crippen molar-refractivity contribution in [1.82, 2.24) is 15.2 Å². The predicted molar refractivity (Wildman–Crippen MR) is 73.8 cm³/mol. The Hall–Kier alpha value is -1.33. The fourth-order valence-corrected chi connectivity index (χ4v) is 1.49. The number of carbonyl (C=O) groups excluding carboxylic acids is 1. The number of aromatic nitrogens is 1. The Balaban J connectivity index is 2.53. The third-order valence-electron chi connectivity index (χ3n) is 2.78. The number of pyridine rings is 1. The summed E-state index contributed by atoms with van der Waals surface area (Å²) in [6, 6.07) is 1.92. The lowest BCUT2D eigenvalue weighted by Crippen LogP contribution is -2.36. The zero-order valence-electron chi connectivity index (χ0n) is 10.9. The van der Waals surface area contributed by atoms with Gasteiger partial charge in [0.05, 0.1) is 17.4 Å². The van der Waals surface area contributed by atoms with Crippen LogP contribution in [0.25, 0.3) is 0 Å². The van der Waals surface area contributed by atoms with E-state index in [4.69, 9.17) is 17.3 Å². The second-order valence-corrected chi connectivity index (χ2v) is 4.81. The number of anilines is 1. The minimum Gasteiger partial charge on any atom is -0.397 e. The third kappa shape index (κ3) is 4.16. The van der Waals surface area contributed by atoms with Crippen LogP contribution in [0.15, 0.2) is 12.3 Å². The number of nitrogens with zero attached hydrogens (tertiary/aromatic N) is 2. The minimum atomic E-state index is -0.228. The Morgan fingerprint density at radius 2 is 2.28 bits per heavy atom. The van der Waals surface area contributed by atoms with Gasteiger partial charge in [0.1, 0.15) is 5.15 Å². The molecule has 1 aromatic rings. The molecule has 0 saturated heterocycles. The van der Waals surface area contributed by atoms with Gasteiger partial charge in [-0.15, -0.1) is 0 Å². The Kier molecular flexibility index (Phi) is 5.37. The van der Waals surface area contributed by atoms with Crippen LogP contribution in [0, 0.1) is 0 Å². The minimum absolute atomic E-state index is 0.228. The number of nitrogen functional groups attached to an aromatic ring is 1. The van der Waals surface area contributed by atoms with E-state index in [1.54, 1.807) is 0 Å². The summed E-state index contributed by atoms with van der Waals surface area (Å²) in [7, 11) is 2.01. The number of hydrogen-bond donors (Lipinski definition) is 2. The number of amides is 1. The number of halogens is 1. The standard InChI is InChI=1S/C12H19ClN4O/c1-8(2)17(3)5-4-15-12(18)9-6-11(13)16-7-10(9)14/h6-8H,4-5,14H2,1-3H3,(H,15,18). The van der Waals surface area contributed by atoms with Crippen LogP contribution < -0.4 is 11.1 Å². The molecule has 0 unspecified atom stereocenters. The number of nitrogens with one attached hydrogen (secondary N) is 1. The molecule has 6 heteroatoms. The van der Waals surface area contributed by atoms with Gasteiger partial charge in [-0.3, -0.25) is 4.79 Å². The van der Waals surface area contributed by atoms with Crippen LogP contribution in [-0.2, 0) is 0 Å². The summed E-state index contributed by atoms with van der Waals surface area (Å²) in [5.41, 5.74) is 6.37. The Morgan fingerprint density at radius 1 is 1.61 bits per heavy atom. The molecule has 0 spiro atoms. The second kappa shape index (κ2) is 6.56. The number of rotatable bonds is 5. The van der Waals surface area contributed by atoms with Crippen LogP contribution in [0.4, 0.5) is 5.69 Å². The van der Waals surface area contributed by atoms with E-state index in [0.717, 1.165) is 6.54 Å². The summed E-state index contributed by atoms with van der Waals surface area (Å²) in [4.78, 5) is 17.8. The summed E-state index contributed by atoms with van der Waals surface area (Å²) in [5.74, 6) is -0.228. The van der Waals surface area contributed by atoms with Gasteiger partial charge in [-0.1, -0.05) is 11.6 Å². The molecule has 100 valence electrons. The Labute approximate surface area is 112 Å². The van der Waals surface area contributed by atoms with Crippen LogP contribution in [0.1, 0.15) is 24.2 Å². The van der Waals surface area contributed by atoms with Gasteiger partial charge >= 0.3 is 0 Å². The van der Waals surface area contributed by atoms with Gasteiger partial charge in [0, 0.05) is 19.1 Å². The first-order valence-electron chi connectivity index (χ1n) is 5.81. The maximum atomic E-state index is 11.9. The van der Waals surface area contributed by atoms with Gasteiger partial charge in [0.2, 0.25) is 0 Å². The molecule has 0 bridgehead atoms. The van der Waals surface area contributed by atoms with E-state index in [1.165, 1.54) is 12.3 Å². The molecule has 18 heavy (non-hydrogen) atoms. The summed E-state index contributed by atoms with van der Waals surface area (Å²) >= 11 is 5.73. The number of carbonyl (C=O) groups is 1. The zero-order chi connectivity index (χ0) is 13.7. The van der Waals surface area contributed by atoms with Gasteiger partial charge in [-0.2, -0.15) is 0 Å². The predicted octanol–water partition coefficient (Wildman–Crippen LogP) is 1.39. The molecule has 1 rings (SSSR count). The molecule has 3 N–H and O–H groups in total. The normalized spacial score (nSPS) is 11.0. The van der Waals surface area contributed by atoms with Crippen molar-refractivity contribution in [3.8, 4) is 0 Å². The summed E-state index contributed by atoms with van der Waals surface area (Å²) in [6.45, 7) is 5.54. The van der Waals surface area contributed by atoms with Gasteiger partial charge in [-0.05, 0) is 27.0 Å². The van der Waals surface area contributed by atoms with Crippen molar-refractivity contribution in [1.29, 1.82) is 0 Å². The molecule has 0 atom stereocenters. The molecule has 0 aromatic carbocycles. The van der Waals surface area contributed by atoms with Gasteiger partial charge < -0.3 is 16.0 Å². The highest BCUT2D eigenvalue weighted by molar-refractivity contribution is 6.29. The first-order chi connectivity index (χ1) is 8.41. The van der Waals surface area contributed by atoms with Gasteiger partial charge in [0.25, 0.3) is 5.91 Å². The lowest BCUT2D eigenvalue weighted by atomic mass is 10.2. The number of nitrogens with two attached hydrogens (primary N) is 1. The van der Waals surface area contributed by atoms with E-state index < -0.39 is 0 Å². The van der Waals surface area contributed by atoms with Crippen LogP contribution in [0.2, 0.25) is 5.15 Å². The molecule has 5 nitrogen and oxygen atoms in total. The molecule has 1 heterocycles. The lowest BCUT2D eigenvalue weighted by molar-refractivity contribution is 0.0949. The highest BCUT2D eigenvalue weighted by Crippen LogP contribution is 2.14. The topological polar surface area (TPSA) is 71.2 Å². The van der Waals surface area contributed by atoms with E-state index in [2.05, 4.69) is 29.0 Å². The molecule has 1 amide bonds. The average molecular weight is 271 g/mol. The van der Waals surface area contributed by atoms with E-state index in [9.17, 15) is 4.79 Å². The smallest absolute Gasteiger partial charge is 0.253 e. The molecular formula is C12H19ClN4O. The van der Waals surface area contributed by atoms with Crippen LogP contribution in [0.5, 0.6) is 0 Å². The number of hydrogen-bond acceptors (Lipinski definition) is 4. The van der Waals surface area contributed by atoms with E-state index in [0.29, 0.717) is 23.8 Å². The van der Waals surface area contributed by atoms with Gasteiger partial charge in [0.15, 0.2) is 0 Å². The molecule has 0 aliphatic heterocycles. The molecule has 0 aliphatic carbocycles. The van der Waals surface area contributed by atoms with Crippen LogP contribution >= 0.6 is 11.6 Å². The fraction of sp³-hybridized carbons (Fsp3) is 0.500. The number of likely N-dealkylation sites (N-methyl/N-ethyl adjacent to an activating group) is 1. The fourth-order valence-electron chi connectivity index (χ4n) is 1.34. The summed E-state index contributed by atoms with van der Waals surface area (Å²) < 4.78 is 0. The molecule has 1 aromatic heterocycles. The molecule has 0 fully saturated rings. The largest absolute Gasteiger partial charge is 0.397 e. The first-order valence-corrected chi connectivity index (χ1v) is 6.19. The van der Waals surface area contributed by atoms with Crippen LogP contribution in [-0.4, -0.2) is 42.0 Å². The monoisotopic (exact) mass is 270 g/mol. The molecule has 0 saturated carbocycles. The SMILES string of the molecule is CC(C)N(C)CCNC(=O)c1cc(Cl)ncc1N.